The minimum Gasteiger partial charge on any atom is -0.370 e. The fourth-order valence-electron chi connectivity index (χ4n) is 2.83. The maximum Gasteiger partial charge on any atom is 0.193 e. The molecule has 0 atom stereocenters. The first-order chi connectivity index (χ1) is 11.4. The fraction of sp³-hybridized carbons (Fsp3) is 0.316. The molecule has 0 aromatic heterocycles. The highest BCUT2D eigenvalue weighted by Crippen LogP contribution is 2.49. The Bertz CT molecular complexity index is 795. The van der Waals surface area contributed by atoms with Gasteiger partial charge in [0.1, 0.15) is 11.6 Å². The van der Waals surface area contributed by atoms with Gasteiger partial charge in [-0.1, -0.05) is 12.1 Å². The number of aliphatic imine (C=N–C) groups is 1. The molecule has 0 saturated heterocycles. The van der Waals surface area contributed by atoms with Crippen molar-refractivity contribution in [3.05, 3.63) is 64.7 Å². The van der Waals surface area contributed by atoms with Crippen LogP contribution in [-0.4, -0.2) is 12.5 Å². The van der Waals surface area contributed by atoms with Gasteiger partial charge in [0, 0.05) is 17.2 Å². The van der Waals surface area contributed by atoms with Gasteiger partial charge in [-0.15, -0.1) is 0 Å². The average molecular weight is 329 g/mol. The van der Waals surface area contributed by atoms with Crippen molar-refractivity contribution >= 4 is 11.6 Å². The van der Waals surface area contributed by atoms with E-state index < -0.39 is 11.6 Å². The van der Waals surface area contributed by atoms with E-state index in [2.05, 4.69) is 10.3 Å². The molecule has 1 aliphatic rings. The topological polar surface area (TPSA) is 50.4 Å². The van der Waals surface area contributed by atoms with Crippen LogP contribution < -0.4 is 11.1 Å². The molecule has 126 valence electrons. The molecule has 0 heterocycles. The number of halogens is 2. The standard InChI is InChI=1S/C19H21F2N3/c1-12-3-5-15(9-13(12)2)24-18(22)23-11-19(7-8-19)16-6-4-14(20)10-17(16)21/h3-6,9-10H,7-8,11H2,1-2H3,(H3,22,23,24). The van der Waals surface area contributed by atoms with E-state index in [1.54, 1.807) is 0 Å². The highest BCUT2D eigenvalue weighted by molar-refractivity contribution is 5.92. The smallest absolute Gasteiger partial charge is 0.193 e. The summed E-state index contributed by atoms with van der Waals surface area (Å²) in [7, 11) is 0. The predicted octanol–water partition coefficient (Wildman–Crippen LogP) is 4.04. The first-order valence-electron chi connectivity index (χ1n) is 7.99. The lowest BCUT2D eigenvalue weighted by molar-refractivity contribution is 0.549. The molecule has 1 fully saturated rings. The summed E-state index contributed by atoms with van der Waals surface area (Å²) in [4.78, 5) is 4.37. The van der Waals surface area contributed by atoms with Crippen molar-refractivity contribution in [2.24, 2.45) is 10.7 Å². The third-order valence-electron chi connectivity index (χ3n) is 4.69. The number of benzene rings is 2. The van der Waals surface area contributed by atoms with Crippen LogP contribution in [-0.2, 0) is 5.41 Å². The zero-order valence-corrected chi connectivity index (χ0v) is 13.9. The van der Waals surface area contributed by atoms with E-state index in [0.29, 0.717) is 18.1 Å². The summed E-state index contributed by atoms with van der Waals surface area (Å²) in [5, 5.41) is 3.06. The van der Waals surface area contributed by atoms with Gasteiger partial charge in [0.2, 0.25) is 0 Å². The lowest BCUT2D eigenvalue weighted by Crippen LogP contribution is -2.25. The molecule has 0 radical (unpaired) electrons. The van der Waals surface area contributed by atoms with E-state index >= 15 is 0 Å². The maximum atomic E-state index is 14.0. The van der Waals surface area contributed by atoms with Crippen LogP contribution in [0.2, 0.25) is 0 Å². The van der Waals surface area contributed by atoms with Crippen LogP contribution in [0, 0.1) is 25.5 Å². The van der Waals surface area contributed by atoms with Gasteiger partial charge in [0.25, 0.3) is 0 Å². The highest BCUT2D eigenvalue weighted by Gasteiger charge is 2.46. The van der Waals surface area contributed by atoms with Gasteiger partial charge >= 0.3 is 0 Å². The molecule has 2 aromatic rings. The Labute approximate surface area is 140 Å². The molecule has 0 unspecified atom stereocenters. The molecular weight excluding hydrogens is 308 g/mol. The van der Waals surface area contributed by atoms with Crippen LogP contribution in [0.1, 0.15) is 29.5 Å². The third-order valence-corrected chi connectivity index (χ3v) is 4.69. The Kier molecular flexibility index (Phi) is 4.26. The molecule has 0 amide bonds. The van der Waals surface area contributed by atoms with Crippen LogP contribution in [0.5, 0.6) is 0 Å². The number of rotatable bonds is 4. The Balaban J connectivity index is 1.71. The second-order valence-corrected chi connectivity index (χ2v) is 6.53. The molecule has 2 aromatic carbocycles. The molecular formula is C19H21F2N3. The Morgan fingerprint density at radius 1 is 1.12 bits per heavy atom. The van der Waals surface area contributed by atoms with E-state index in [1.807, 2.05) is 32.0 Å². The van der Waals surface area contributed by atoms with Gasteiger partial charge in [-0.2, -0.15) is 0 Å². The molecule has 5 heteroatoms. The van der Waals surface area contributed by atoms with Crippen molar-refractivity contribution in [2.75, 3.05) is 11.9 Å². The molecule has 3 rings (SSSR count). The number of nitrogens with two attached hydrogens (primary N) is 1. The summed E-state index contributed by atoms with van der Waals surface area (Å²) in [5.74, 6) is -0.776. The Morgan fingerprint density at radius 2 is 1.88 bits per heavy atom. The quantitative estimate of drug-likeness (QED) is 0.657. The van der Waals surface area contributed by atoms with E-state index in [-0.39, 0.29) is 5.41 Å². The van der Waals surface area contributed by atoms with E-state index in [9.17, 15) is 8.78 Å². The number of nitrogens with zero attached hydrogens (tertiary/aromatic N) is 1. The SMILES string of the molecule is Cc1ccc(NC(N)=NCC2(c3ccc(F)cc3F)CC2)cc1C. The number of anilines is 1. The Morgan fingerprint density at radius 3 is 2.50 bits per heavy atom. The largest absolute Gasteiger partial charge is 0.370 e. The summed E-state index contributed by atoms with van der Waals surface area (Å²) in [6.07, 6.45) is 1.66. The normalized spacial score (nSPS) is 16.1. The molecule has 24 heavy (non-hydrogen) atoms. The summed E-state index contributed by atoms with van der Waals surface area (Å²) in [6, 6.07) is 9.69. The zero-order valence-electron chi connectivity index (χ0n) is 13.9. The second kappa shape index (κ2) is 6.23. The zero-order chi connectivity index (χ0) is 17.3. The van der Waals surface area contributed by atoms with Crippen molar-refractivity contribution in [1.29, 1.82) is 0 Å². The summed E-state index contributed by atoms with van der Waals surface area (Å²) in [6.45, 7) is 4.47. The summed E-state index contributed by atoms with van der Waals surface area (Å²) < 4.78 is 27.1. The molecule has 1 aliphatic carbocycles. The average Bonchev–Trinajstić information content (AvgIpc) is 3.30. The molecule has 0 spiro atoms. The van der Waals surface area contributed by atoms with Gasteiger partial charge < -0.3 is 11.1 Å². The fourth-order valence-corrected chi connectivity index (χ4v) is 2.83. The Hall–Kier alpha value is -2.43. The van der Waals surface area contributed by atoms with Crippen LogP contribution in [0.4, 0.5) is 14.5 Å². The van der Waals surface area contributed by atoms with Crippen LogP contribution in [0.25, 0.3) is 0 Å². The number of guanidine groups is 1. The third kappa shape index (κ3) is 3.40. The van der Waals surface area contributed by atoms with Gasteiger partial charge in [0.05, 0.1) is 6.54 Å². The van der Waals surface area contributed by atoms with Crippen molar-refractivity contribution in [2.45, 2.75) is 32.1 Å². The van der Waals surface area contributed by atoms with Crippen LogP contribution in [0.3, 0.4) is 0 Å². The monoisotopic (exact) mass is 329 g/mol. The number of nitrogens with one attached hydrogen (secondary N) is 1. The van der Waals surface area contributed by atoms with Crippen LogP contribution >= 0.6 is 0 Å². The van der Waals surface area contributed by atoms with Crippen molar-refractivity contribution in [1.82, 2.24) is 0 Å². The van der Waals surface area contributed by atoms with Gasteiger partial charge in [-0.3, -0.25) is 4.99 Å². The molecule has 0 bridgehead atoms. The van der Waals surface area contributed by atoms with Crippen molar-refractivity contribution < 1.29 is 8.78 Å². The molecule has 0 aliphatic heterocycles. The van der Waals surface area contributed by atoms with E-state index in [0.717, 1.165) is 24.6 Å². The summed E-state index contributed by atoms with van der Waals surface area (Å²) >= 11 is 0. The van der Waals surface area contributed by atoms with Gasteiger partial charge in [-0.05, 0) is 61.6 Å². The van der Waals surface area contributed by atoms with Crippen molar-refractivity contribution in [3.8, 4) is 0 Å². The van der Waals surface area contributed by atoms with Crippen molar-refractivity contribution in [3.63, 3.8) is 0 Å². The number of hydrogen-bond donors (Lipinski definition) is 2. The predicted molar refractivity (Wildman–Crippen MR) is 93.3 cm³/mol. The lowest BCUT2D eigenvalue weighted by Gasteiger charge is -2.15. The first kappa shape index (κ1) is 16.4. The summed E-state index contributed by atoms with van der Waals surface area (Å²) in [5.41, 5.74) is 9.37. The van der Waals surface area contributed by atoms with Gasteiger partial charge in [0.15, 0.2) is 5.96 Å². The number of aryl methyl sites for hydroxylation is 2. The first-order valence-corrected chi connectivity index (χ1v) is 7.99. The molecule has 3 N–H and O–H groups in total. The highest BCUT2D eigenvalue weighted by atomic mass is 19.1. The second-order valence-electron chi connectivity index (χ2n) is 6.53. The van der Waals surface area contributed by atoms with E-state index in [1.165, 1.54) is 23.3 Å². The van der Waals surface area contributed by atoms with Crippen LogP contribution in [0.15, 0.2) is 41.4 Å². The molecule has 1 saturated carbocycles. The van der Waals surface area contributed by atoms with E-state index in [4.69, 9.17) is 5.73 Å². The number of hydrogen-bond acceptors (Lipinski definition) is 1. The minimum absolute atomic E-state index is 0.298. The maximum absolute atomic E-state index is 14.0. The molecule has 3 nitrogen and oxygen atoms in total. The lowest BCUT2D eigenvalue weighted by atomic mass is 9.95. The minimum atomic E-state index is -0.563. The van der Waals surface area contributed by atoms with Gasteiger partial charge in [-0.25, -0.2) is 8.78 Å².